The molecule has 9 rings (SSSR count). The Hall–Kier alpha value is -7.54. The van der Waals surface area contributed by atoms with Crippen molar-refractivity contribution < 1.29 is 62.5 Å². The summed E-state index contributed by atoms with van der Waals surface area (Å²) in [6, 6.07) is 27.7. The van der Waals surface area contributed by atoms with Gasteiger partial charge in [-0.05, 0) is 47.2 Å². The van der Waals surface area contributed by atoms with Crippen LogP contribution in [0.25, 0.3) is 21.5 Å². The topological polar surface area (TPSA) is 180 Å². The summed E-state index contributed by atoms with van der Waals surface area (Å²) in [4.78, 5) is 80.8. The Morgan fingerprint density at radius 1 is 0.661 bits per heavy atom. The van der Waals surface area contributed by atoms with Gasteiger partial charge in [-0.3, -0.25) is 0 Å². The van der Waals surface area contributed by atoms with E-state index in [0.717, 1.165) is 24.2 Å². The van der Waals surface area contributed by atoms with Crippen LogP contribution in [0.2, 0.25) is 0 Å². The van der Waals surface area contributed by atoms with E-state index in [4.69, 9.17) is 9.47 Å². The molecule has 59 heavy (non-hydrogen) atoms. The summed E-state index contributed by atoms with van der Waals surface area (Å²) in [5.74, 6) is -2.53. The van der Waals surface area contributed by atoms with E-state index >= 15 is 0 Å². The number of hydrogen-bond donors (Lipinski definition) is 3. The molecule has 0 spiro atoms. The first-order chi connectivity index (χ1) is 28.4. The Labute approximate surface area is 339 Å². The predicted molar refractivity (Wildman–Crippen MR) is 214 cm³/mol. The van der Waals surface area contributed by atoms with Gasteiger partial charge in [0.05, 0.1) is 0 Å². The molecule has 1 fully saturated rings. The van der Waals surface area contributed by atoms with Gasteiger partial charge >= 0.3 is 237 Å². The van der Waals surface area contributed by atoms with Crippen molar-refractivity contribution in [3.8, 4) is 23.0 Å². The van der Waals surface area contributed by atoms with Crippen LogP contribution in [0.15, 0.2) is 121 Å². The molecule has 0 atom stereocenters. The zero-order valence-corrected chi connectivity index (χ0v) is 31.9. The quantitative estimate of drug-likeness (QED) is 0.0531. The van der Waals surface area contributed by atoms with Crippen molar-refractivity contribution in [2.24, 2.45) is 0 Å². The van der Waals surface area contributed by atoms with Gasteiger partial charge in [0.25, 0.3) is 0 Å². The number of phenolic OH excluding ortho intramolecular Hbond substituents is 2. The molecule has 2 aliphatic heterocycles. The minimum atomic E-state index is -0.708. The molecule has 6 aromatic rings. The van der Waals surface area contributed by atoms with E-state index in [1.807, 2.05) is 6.92 Å². The van der Waals surface area contributed by atoms with E-state index < -0.39 is 35.7 Å². The summed E-state index contributed by atoms with van der Waals surface area (Å²) in [5.41, 5.74) is 2.45. The summed E-state index contributed by atoms with van der Waals surface area (Å²) in [7, 11) is 0. The predicted octanol–water partition coefficient (Wildman–Crippen LogP) is 6.48. The van der Waals surface area contributed by atoms with Gasteiger partial charge in [-0.15, -0.1) is 0 Å². The second kappa shape index (κ2) is 14.4. The third-order valence-corrected chi connectivity index (χ3v) is 11.4. The summed E-state index contributed by atoms with van der Waals surface area (Å²) in [5, 5.41) is 25.2. The number of carbonyl (C=O) groups is 6. The second-order valence-electron chi connectivity index (χ2n) is 13.8. The molecule has 5 amide bonds. The van der Waals surface area contributed by atoms with Gasteiger partial charge in [0.15, 0.2) is 0 Å². The Kier molecular flexibility index (Phi) is 9.07. The second-order valence-corrected chi connectivity index (χ2v) is 15.7. The minimum absolute atomic E-state index is 0.0881. The van der Waals surface area contributed by atoms with Crippen LogP contribution in [-0.2, 0) is 18.9 Å². The number of ether oxygens (including phenoxy) is 2. The van der Waals surface area contributed by atoms with Crippen LogP contribution >= 0.6 is 0 Å². The van der Waals surface area contributed by atoms with Gasteiger partial charge in [0, 0.05) is 10.8 Å². The number of esters is 1. The van der Waals surface area contributed by atoms with Crippen molar-refractivity contribution >= 4 is 77.4 Å². The number of allylic oxidation sites excluding steroid dienone is 1. The van der Waals surface area contributed by atoms with E-state index in [9.17, 15) is 39.0 Å². The maximum atomic E-state index is 13.4. The molecule has 13 nitrogen and oxygen atoms in total. The molecule has 3 aliphatic rings. The molecule has 3 N–H and O–H groups in total. The SMILES string of the molecule is C[C](CNC(=O)Oc1ccc(N2C(=O)c3cccc4cc(O)cc(c34)C2=O)cc1)=[Fe]=[C]1C/C1=C\C(=O)Oc1ccc(N2C(=O)c3cccc4cc(O)cc(c34)C2=O)cc1. The van der Waals surface area contributed by atoms with Crippen LogP contribution in [0.1, 0.15) is 54.8 Å². The number of phenols is 2. The van der Waals surface area contributed by atoms with Gasteiger partial charge in [-0.2, -0.15) is 0 Å². The number of hydrogen-bond acceptors (Lipinski definition) is 10. The number of aromatic hydroxyl groups is 2. The zero-order chi connectivity index (χ0) is 41.1. The molecule has 1 saturated carbocycles. The average Bonchev–Trinajstić information content (AvgIpc) is 3.94. The summed E-state index contributed by atoms with van der Waals surface area (Å²) >= 11 is 0.543. The molecule has 1 aliphatic carbocycles. The number of amides is 5. The van der Waals surface area contributed by atoms with Crippen molar-refractivity contribution in [3.05, 3.63) is 143 Å². The molecule has 0 unspecified atom stereocenters. The van der Waals surface area contributed by atoms with Crippen LogP contribution in [-0.4, -0.2) is 61.3 Å². The normalized spacial score (nSPS) is 14.9. The van der Waals surface area contributed by atoms with Crippen LogP contribution < -0.4 is 24.6 Å². The Morgan fingerprint density at radius 2 is 1.14 bits per heavy atom. The van der Waals surface area contributed by atoms with Gasteiger partial charge < -0.3 is 10.2 Å². The van der Waals surface area contributed by atoms with Crippen molar-refractivity contribution in [2.75, 3.05) is 16.3 Å². The van der Waals surface area contributed by atoms with Gasteiger partial charge in [-0.25, -0.2) is 0 Å². The molecule has 0 saturated heterocycles. The molecular formula is C45H29FeN3O10. The van der Waals surface area contributed by atoms with E-state index in [1.165, 1.54) is 78.9 Å². The summed E-state index contributed by atoms with van der Waals surface area (Å²) in [6.45, 7) is 2.07. The number of nitrogens with one attached hydrogen (secondary N) is 1. The van der Waals surface area contributed by atoms with Crippen molar-refractivity contribution in [1.82, 2.24) is 5.32 Å². The Bertz CT molecular complexity index is 3000. The van der Waals surface area contributed by atoms with Gasteiger partial charge in [-0.1, -0.05) is 24.3 Å². The molecule has 0 aromatic heterocycles. The number of carbonyl (C=O) groups excluding carboxylic acids is 6. The van der Waals surface area contributed by atoms with Crippen molar-refractivity contribution in [2.45, 2.75) is 13.3 Å². The maximum absolute atomic E-state index is 13.4. The fourth-order valence-electron chi connectivity index (χ4n) is 7.15. The van der Waals surface area contributed by atoms with Crippen LogP contribution in [0.3, 0.4) is 0 Å². The third kappa shape index (κ3) is 6.86. The first-order valence-corrected chi connectivity index (χ1v) is 19.2. The fraction of sp³-hybridized carbons (Fsp3) is 0.0667. The zero-order valence-electron chi connectivity index (χ0n) is 30.8. The van der Waals surface area contributed by atoms with E-state index in [2.05, 4.69) is 5.32 Å². The summed E-state index contributed by atoms with van der Waals surface area (Å²) in [6.07, 6.45) is 1.30. The molecule has 292 valence electrons. The van der Waals surface area contributed by atoms with Crippen LogP contribution in [0.4, 0.5) is 16.2 Å². The van der Waals surface area contributed by atoms with Gasteiger partial charge in [0.2, 0.25) is 0 Å². The van der Waals surface area contributed by atoms with E-state index in [-0.39, 0.29) is 52.0 Å². The van der Waals surface area contributed by atoms with Crippen LogP contribution in [0, 0.1) is 0 Å². The number of anilines is 2. The molecule has 14 heteroatoms. The first kappa shape index (κ1) is 37.1. The number of rotatable bonds is 7. The Morgan fingerprint density at radius 3 is 1.64 bits per heavy atom. The standard InChI is InChI=1S/C23H13NO5.C22H16N2O5.Fe/c25-16-11-14-2-1-3-18-21(14)19(12-16)23(28)24(22(18)27)15-6-8-17(9-7-15)29-20(26)10-13-4-5-13;1-2-10-23-22(28)29-16-8-6-14(7-9-16)24-20(26)17-5-3-4-13-11-15(25)12-18(19(13)17)21(24)27;/h1-3,6-12,25H,4H2;3-9,11-12,25H,10H2,1H3,(H,23,28);/b13-10+;;. The van der Waals surface area contributed by atoms with E-state index in [1.54, 1.807) is 36.4 Å². The monoisotopic (exact) mass is 827 g/mol. The van der Waals surface area contributed by atoms with Crippen molar-refractivity contribution in [3.63, 3.8) is 0 Å². The number of benzene rings is 6. The van der Waals surface area contributed by atoms with Crippen molar-refractivity contribution in [1.29, 1.82) is 0 Å². The molecule has 0 bridgehead atoms. The Balaban J connectivity index is 0.786. The molecule has 2 heterocycles. The first-order valence-electron chi connectivity index (χ1n) is 18.1. The third-order valence-electron chi connectivity index (χ3n) is 9.85. The number of nitrogens with zero attached hydrogens (tertiary/aromatic N) is 2. The molecule has 6 aromatic carbocycles. The van der Waals surface area contributed by atoms with Gasteiger partial charge in [0.1, 0.15) is 11.5 Å². The molecular weight excluding hydrogens is 798 g/mol. The molecule has 0 radical (unpaired) electrons. The average molecular weight is 828 g/mol. The van der Waals surface area contributed by atoms with E-state index in [0.29, 0.717) is 53.2 Å². The van der Waals surface area contributed by atoms with Crippen LogP contribution in [0.5, 0.6) is 23.0 Å². The fourth-order valence-corrected chi connectivity index (χ4v) is 8.48. The summed E-state index contributed by atoms with van der Waals surface area (Å²) < 4.78 is 12.8. The number of imide groups is 2.